The summed E-state index contributed by atoms with van der Waals surface area (Å²) in [5.41, 5.74) is 1.91. The van der Waals surface area contributed by atoms with E-state index >= 15 is 0 Å². The number of rotatable bonds is 5. The van der Waals surface area contributed by atoms with Gasteiger partial charge in [-0.05, 0) is 48.0 Å². The van der Waals surface area contributed by atoms with Crippen LogP contribution in [0.5, 0.6) is 11.5 Å². The van der Waals surface area contributed by atoms with Gasteiger partial charge in [-0.25, -0.2) is 9.38 Å². The van der Waals surface area contributed by atoms with E-state index in [9.17, 15) is 13.2 Å². The fourth-order valence-electron chi connectivity index (χ4n) is 3.37. The summed E-state index contributed by atoms with van der Waals surface area (Å²) >= 11 is 1.26. The quantitative estimate of drug-likeness (QED) is 0.371. The summed E-state index contributed by atoms with van der Waals surface area (Å²) in [7, 11) is -2.62. The Kier molecular flexibility index (Phi) is 4.91. The maximum Gasteiger partial charge on any atom is 0.339 e. The lowest BCUT2D eigenvalue weighted by Crippen LogP contribution is -2.22. The van der Waals surface area contributed by atoms with Crippen LogP contribution in [-0.4, -0.2) is 24.9 Å². The van der Waals surface area contributed by atoms with Crippen LogP contribution in [0.15, 0.2) is 82.5 Å². The van der Waals surface area contributed by atoms with Crippen molar-refractivity contribution in [3.05, 3.63) is 93.2 Å². The van der Waals surface area contributed by atoms with Crippen LogP contribution in [0.2, 0.25) is 0 Å². The molecule has 0 atom stereocenters. The number of fused-ring (bicyclic) bond motifs is 3. The largest absolute Gasteiger partial charge is 0.493 e. The Labute approximate surface area is 186 Å². The maximum atomic E-state index is 13.0. The van der Waals surface area contributed by atoms with E-state index in [1.165, 1.54) is 36.6 Å². The molecule has 2 heterocycles. The summed E-state index contributed by atoms with van der Waals surface area (Å²) in [5, 5.41) is 0. The van der Waals surface area contributed by atoms with E-state index in [1.807, 2.05) is 24.3 Å². The SMILES string of the molecule is COc1ccc(/C=c2\sc3nc4ccccc4n3c2=O)cc1OS(=O)(=O)c1ccccc1. The molecule has 7 nitrogen and oxygen atoms in total. The van der Waals surface area contributed by atoms with Gasteiger partial charge in [-0.15, -0.1) is 0 Å². The van der Waals surface area contributed by atoms with Crippen molar-refractivity contribution in [1.82, 2.24) is 9.38 Å². The predicted molar refractivity (Wildman–Crippen MR) is 123 cm³/mol. The molecule has 2 aromatic heterocycles. The number of benzene rings is 3. The first-order valence-electron chi connectivity index (χ1n) is 9.55. The molecule has 3 aromatic carbocycles. The van der Waals surface area contributed by atoms with Crippen molar-refractivity contribution >= 4 is 43.5 Å². The summed E-state index contributed by atoms with van der Waals surface area (Å²) in [5.74, 6) is 0.292. The number of aromatic nitrogens is 2. The van der Waals surface area contributed by atoms with Gasteiger partial charge in [0, 0.05) is 0 Å². The van der Waals surface area contributed by atoms with E-state index in [1.54, 1.807) is 40.8 Å². The van der Waals surface area contributed by atoms with Crippen LogP contribution < -0.4 is 19.0 Å². The summed E-state index contributed by atoms with van der Waals surface area (Å²) in [6.45, 7) is 0. The second-order valence-corrected chi connectivity index (χ2v) is 9.45. The topological polar surface area (TPSA) is 87.0 Å². The van der Waals surface area contributed by atoms with Crippen LogP contribution in [-0.2, 0) is 10.1 Å². The predicted octanol–water partition coefficient (Wildman–Crippen LogP) is 3.23. The smallest absolute Gasteiger partial charge is 0.339 e. The summed E-state index contributed by atoms with van der Waals surface area (Å²) in [4.78, 5) is 18.1. The van der Waals surface area contributed by atoms with Crippen molar-refractivity contribution in [2.45, 2.75) is 4.90 Å². The minimum absolute atomic E-state index is 0.0318. The lowest BCUT2D eigenvalue weighted by atomic mass is 10.2. The number of thiazole rings is 1. The molecule has 0 aliphatic rings. The molecule has 5 rings (SSSR count). The molecule has 0 aliphatic heterocycles. The van der Waals surface area contributed by atoms with Gasteiger partial charge in [-0.3, -0.25) is 4.79 Å². The van der Waals surface area contributed by atoms with Gasteiger partial charge in [0.15, 0.2) is 16.5 Å². The van der Waals surface area contributed by atoms with Crippen LogP contribution in [0.1, 0.15) is 5.56 Å². The zero-order chi connectivity index (χ0) is 22.3. The minimum atomic E-state index is -4.05. The highest BCUT2D eigenvalue weighted by Crippen LogP contribution is 2.31. The molecule has 0 bridgehead atoms. The Bertz CT molecular complexity index is 1670. The first-order chi connectivity index (χ1) is 15.5. The van der Waals surface area contributed by atoms with E-state index in [4.69, 9.17) is 8.92 Å². The van der Waals surface area contributed by atoms with Crippen LogP contribution in [0.25, 0.3) is 22.1 Å². The number of para-hydroxylation sites is 2. The number of hydrogen-bond acceptors (Lipinski definition) is 7. The molecular weight excluding hydrogens is 448 g/mol. The highest BCUT2D eigenvalue weighted by molar-refractivity contribution is 7.87. The van der Waals surface area contributed by atoms with Crippen molar-refractivity contribution in [1.29, 1.82) is 0 Å². The van der Waals surface area contributed by atoms with E-state index < -0.39 is 10.1 Å². The molecule has 9 heteroatoms. The van der Waals surface area contributed by atoms with Gasteiger partial charge in [0.2, 0.25) is 0 Å². The Morgan fingerprint density at radius 1 is 0.969 bits per heavy atom. The average Bonchev–Trinajstić information content (AvgIpc) is 3.30. The van der Waals surface area contributed by atoms with Gasteiger partial charge in [-0.1, -0.05) is 47.7 Å². The van der Waals surface area contributed by atoms with Crippen molar-refractivity contribution in [3.63, 3.8) is 0 Å². The Morgan fingerprint density at radius 2 is 1.72 bits per heavy atom. The molecule has 0 N–H and O–H groups in total. The third-order valence-corrected chi connectivity index (χ3v) is 7.08. The van der Waals surface area contributed by atoms with Crippen molar-refractivity contribution in [3.8, 4) is 11.5 Å². The van der Waals surface area contributed by atoms with Gasteiger partial charge in [-0.2, -0.15) is 8.42 Å². The lowest BCUT2D eigenvalue weighted by Gasteiger charge is -2.11. The Hall–Kier alpha value is -3.69. The molecule has 0 saturated heterocycles. The van der Waals surface area contributed by atoms with Crippen molar-refractivity contribution in [2.24, 2.45) is 0 Å². The molecule has 0 saturated carbocycles. The molecular formula is C23H16N2O5S2. The molecule has 32 heavy (non-hydrogen) atoms. The third-order valence-electron chi connectivity index (χ3n) is 4.86. The summed E-state index contributed by atoms with van der Waals surface area (Å²) in [6, 6.07) is 20.1. The minimum Gasteiger partial charge on any atom is -0.493 e. The number of nitrogens with zero attached hydrogens (tertiary/aromatic N) is 2. The molecule has 0 fully saturated rings. The molecule has 0 radical (unpaired) electrons. The summed E-state index contributed by atoms with van der Waals surface area (Å²) in [6.07, 6.45) is 1.68. The zero-order valence-electron chi connectivity index (χ0n) is 16.8. The lowest BCUT2D eigenvalue weighted by molar-refractivity contribution is 0.390. The Morgan fingerprint density at radius 3 is 2.50 bits per heavy atom. The van der Waals surface area contributed by atoms with Crippen molar-refractivity contribution < 1.29 is 17.3 Å². The van der Waals surface area contributed by atoms with Gasteiger partial charge < -0.3 is 8.92 Å². The monoisotopic (exact) mass is 464 g/mol. The molecule has 0 amide bonds. The number of imidazole rings is 1. The third kappa shape index (κ3) is 3.51. The fraction of sp³-hybridized carbons (Fsp3) is 0.0435. The highest BCUT2D eigenvalue weighted by atomic mass is 32.2. The molecule has 0 spiro atoms. The second-order valence-electron chi connectivity index (χ2n) is 6.90. The number of methoxy groups -OCH3 is 1. The molecule has 0 aliphatic carbocycles. The standard InChI is InChI=1S/C23H16N2O5S2/c1-29-19-12-11-15(13-20(19)30-32(27,28)16-7-3-2-4-8-16)14-21-22(26)25-18-10-6-5-9-17(18)24-23(25)31-21/h2-14H,1H3/b21-14-. The van der Waals surface area contributed by atoms with Gasteiger partial charge in [0.1, 0.15) is 4.90 Å². The van der Waals surface area contributed by atoms with E-state index in [0.717, 1.165) is 11.0 Å². The highest BCUT2D eigenvalue weighted by Gasteiger charge is 2.19. The fourth-order valence-corrected chi connectivity index (χ4v) is 5.31. The van der Waals surface area contributed by atoms with Crippen LogP contribution in [0.3, 0.4) is 0 Å². The first kappa shape index (κ1) is 20.2. The van der Waals surface area contributed by atoms with E-state index in [0.29, 0.717) is 15.1 Å². The zero-order valence-corrected chi connectivity index (χ0v) is 18.4. The summed E-state index contributed by atoms with van der Waals surface area (Å²) < 4.78 is 38.0. The average molecular weight is 465 g/mol. The van der Waals surface area contributed by atoms with E-state index in [2.05, 4.69) is 4.98 Å². The van der Waals surface area contributed by atoms with Crippen LogP contribution in [0.4, 0.5) is 0 Å². The molecule has 160 valence electrons. The second kappa shape index (κ2) is 7.77. The Balaban J connectivity index is 1.59. The molecule has 0 unspecified atom stereocenters. The van der Waals surface area contributed by atoms with Crippen molar-refractivity contribution in [2.75, 3.05) is 7.11 Å². The van der Waals surface area contributed by atoms with Gasteiger partial charge >= 0.3 is 10.1 Å². The molecule has 5 aromatic rings. The number of ether oxygens (including phenoxy) is 1. The van der Waals surface area contributed by atoms with E-state index in [-0.39, 0.29) is 22.0 Å². The number of hydrogen-bond donors (Lipinski definition) is 0. The normalized spacial score (nSPS) is 12.5. The van der Waals surface area contributed by atoms with Gasteiger partial charge in [0.25, 0.3) is 5.56 Å². The van der Waals surface area contributed by atoms with Crippen LogP contribution >= 0.6 is 11.3 Å². The first-order valence-corrected chi connectivity index (χ1v) is 11.8. The van der Waals surface area contributed by atoms with Crippen LogP contribution in [0, 0.1) is 0 Å². The van der Waals surface area contributed by atoms with Gasteiger partial charge in [0.05, 0.1) is 22.7 Å². The maximum absolute atomic E-state index is 13.0.